The van der Waals surface area contributed by atoms with E-state index < -0.39 is 10.0 Å². The second-order valence-corrected chi connectivity index (χ2v) is 9.06. The van der Waals surface area contributed by atoms with Crippen LogP contribution in [0.3, 0.4) is 0 Å². The molecule has 0 bridgehead atoms. The zero-order valence-electron chi connectivity index (χ0n) is 14.9. The molecule has 0 amide bonds. The minimum atomic E-state index is -3.45. The predicted octanol–water partition coefficient (Wildman–Crippen LogP) is 2.55. The van der Waals surface area contributed by atoms with Crippen molar-refractivity contribution in [3.8, 4) is 0 Å². The summed E-state index contributed by atoms with van der Waals surface area (Å²) in [7, 11) is -3.45. The highest BCUT2D eigenvalue weighted by molar-refractivity contribution is 7.89. The minimum Gasteiger partial charge on any atom is -0.292 e. The predicted molar refractivity (Wildman–Crippen MR) is 100 cm³/mol. The van der Waals surface area contributed by atoms with E-state index in [0.29, 0.717) is 17.5 Å². The molecule has 1 saturated carbocycles. The van der Waals surface area contributed by atoms with E-state index in [1.165, 1.54) is 31.4 Å². The van der Waals surface area contributed by atoms with Crippen LogP contribution in [0.25, 0.3) is 0 Å². The molecule has 0 spiro atoms. The van der Waals surface area contributed by atoms with Crippen LogP contribution in [0, 0.1) is 0 Å². The number of nitrogens with zero attached hydrogens (tertiary/aromatic N) is 3. The van der Waals surface area contributed by atoms with Crippen LogP contribution in [-0.2, 0) is 16.6 Å². The van der Waals surface area contributed by atoms with Crippen LogP contribution in [0.1, 0.15) is 43.8 Å². The largest absolute Gasteiger partial charge is 0.292 e. The summed E-state index contributed by atoms with van der Waals surface area (Å²) in [6.07, 6.45) is 7.80. The van der Waals surface area contributed by atoms with Gasteiger partial charge in [-0.25, -0.2) is 13.1 Å². The first-order valence-electron chi connectivity index (χ1n) is 9.45. The van der Waals surface area contributed by atoms with Crippen LogP contribution >= 0.6 is 0 Å². The minimum absolute atomic E-state index is 0.216. The van der Waals surface area contributed by atoms with Crippen molar-refractivity contribution < 1.29 is 8.42 Å². The van der Waals surface area contributed by atoms with Crippen molar-refractivity contribution in [3.63, 3.8) is 0 Å². The standard InChI is InChI=1S/C19H26N4O2S/c24-26(25,19-8-2-1-3-9-19)21-13-11-18-15-22(16-6-4-5-7-16)14-17-10-12-20-23(17)18/h1-3,8-10,12,16,18,21H,4-7,11,13-15H2. The first-order valence-corrected chi connectivity index (χ1v) is 10.9. The fraction of sp³-hybridized carbons (Fsp3) is 0.526. The summed E-state index contributed by atoms with van der Waals surface area (Å²) >= 11 is 0. The van der Waals surface area contributed by atoms with Crippen LogP contribution in [0.4, 0.5) is 0 Å². The number of nitrogens with one attached hydrogen (secondary N) is 1. The van der Waals surface area contributed by atoms with E-state index in [2.05, 4.69) is 25.5 Å². The molecule has 1 unspecified atom stereocenters. The van der Waals surface area contributed by atoms with Crippen LogP contribution in [0.15, 0.2) is 47.5 Å². The second-order valence-electron chi connectivity index (χ2n) is 7.29. The lowest BCUT2D eigenvalue weighted by Crippen LogP contribution is -2.43. The molecule has 0 radical (unpaired) electrons. The lowest BCUT2D eigenvalue weighted by atomic mass is 10.1. The SMILES string of the molecule is O=S(=O)(NCCC1CN(C2CCCC2)Cc2ccnn21)c1ccccc1. The van der Waals surface area contributed by atoms with Crippen LogP contribution in [0.2, 0.25) is 0 Å². The van der Waals surface area contributed by atoms with E-state index >= 15 is 0 Å². The molecule has 1 aromatic carbocycles. The van der Waals surface area contributed by atoms with E-state index in [1.807, 2.05) is 12.3 Å². The highest BCUT2D eigenvalue weighted by Gasteiger charge is 2.31. The maximum atomic E-state index is 12.4. The Kier molecular flexibility index (Phi) is 5.11. The number of hydrogen-bond acceptors (Lipinski definition) is 4. The first-order chi connectivity index (χ1) is 12.6. The lowest BCUT2D eigenvalue weighted by Gasteiger charge is -2.37. The maximum absolute atomic E-state index is 12.4. The molecule has 1 fully saturated rings. The summed E-state index contributed by atoms with van der Waals surface area (Å²) in [5, 5.41) is 4.49. The molecular weight excluding hydrogens is 348 g/mol. The molecule has 1 aromatic heterocycles. The fourth-order valence-corrected chi connectivity index (χ4v) is 5.29. The van der Waals surface area contributed by atoms with Gasteiger partial charge in [0.2, 0.25) is 10.0 Å². The molecule has 2 aromatic rings. The van der Waals surface area contributed by atoms with E-state index in [9.17, 15) is 8.42 Å². The number of sulfonamides is 1. The quantitative estimate of drug-likeness (QED) is 0.844. The van der Waals surface area contributed by atoms with Crippen molar-refractivity contribution in [1.29, 1.82) is 0 Å². The Balaban J connectivity index is 1.41. The van der Waals surface area contributed by atoms with Gasteiger partial charge >= 0.3 is 0 Å². The smallest absolute Gasteiger partial charge is 0.240 e. The van der Waals surface area contributed by atoms with Crippen molar-refractivity contribution in [2.45, 2.75) is 55.6 Å². The van der Waals surface area contributed by atoms with Crippen LogP contribution < -0.4 is 4.72 Å². The molecule has 2 aliphatic rings. The van der Waals surface area contributed by atoms with Gasteiger partial charge in [-0.05, 0) is 37.5 Å². The van der Waals surface area contributed by atoms with Gasteiger partial charge in [0.1, 0.15) is 0 Å². The van der Waals surface area contributed by atoms with Crippen molar-refractivity contribution in [2.75, 3.05) is 13.1 Å². The third-order valence-corrected chi connectivity index (χ3v) is 7.05. The molecule has 6 nitrogen and oxygen atoms in total. The van der Waals surface area contributed by atoms with Crippen molar-refractivity contribution in [2.24, 2.45) is 0 Å². The molecule has 0 saturated heterocycles. The summed E-state index contributed by atoms with van der Waals surface area (Å²) in [6, 6.07) is 11.5. The summed E-state index contributed by atoms with van der Waals surface area (Å²) in [4.78, 5) is 2.89. The van der Waals surface area contributed by atoms with Gasteiger partial charge in [0.15, 0.2) is 0 Å². The number of aromatic nitrogens is 2. The van der Waals surface area contributed by atoms with E-state index in [1.54, 1.807) is 24.3 Å². The monoisotopic (exact) mass is 374 g/mol. The van der Waals surface area contributed by atoms with Gasteiger partial charge in [-0.15, -0.1) is 0 Å². The van der Waals surface area contributed by atoms with Gasteiger partial charge < -0.3 is 0 Å². The molecule has 2 heterocycles. The van der Waals surface area contributed by atoms with Gasteiger partial charge in [-0.2, -0.15) is 5.10 Å². The van der Waals surface area contributed by atoms with Crippen LogP contribution in [0.5, 0.6) is 0 Å². The summed E-state index contributed by atoms with van der Waals surface area (Å²) in [5.41, 5.74) is 1.24. The third-order valence-electron chi connectivity index (χ3n) is 5.57. The zero-order valence-corrected chi connectivity index (χ0v) is 15.7. The van der Waals surface area contributed by atoms with Crippen LogP contribution in [-0.4, -0.2) is 42.2 Å². The van der Waals surface area contributed by atoms with Gasteiger partial charge in [0, 0.05) is 31.9 Å². The van der Waals surface area contributed by atoms with E-state index in [0.717, 1.165) is 19.5 Å². The summed E-state index contributed by atoms with van der Waals surface area (Å²) in [5.74, 6) is 0. The summed E-state index contributed by atoms with van der Waals surface area (Å²) < 4.78 is 29.6. The second kappa shape index (κ2) is 7.50. The lowest BCUT2D eigenvalue weighted by molar-refractivity contribution is 0.120. The van der Waals surface area contributed by atoms with Gasteiger partial charge in [0.05, 0.1) is 16.6 Å². The highest BCUT2D eigenvalue weighted by atomic mass is 32.2. The zero-order chi connectivity index (χ0) is 18.0. The molecule has 1 aliphatic carbocycles. The Labute approximate surface area is 155 Å². The normalized spacial score (nSPS) is 21.8. The first kappa shape index (κ1) is 17.7. The summed E-state index contributed by atoms with van der Waals surface area (Å²) in [6.45, 7) is 2.32. The van der Waals surface area contributed by atoms with Gasteiger partial charge in [-0.1, -0.05) is 31.0 Å². The van der Waals surface area contributed by atoms with E-state index in [-0.39, 0.29) is 6.04 Å². The Morgan fingerprint density at radius 1 is 1.12 bits per heavy atom. The topological polar surface area (TPSA) is 67.2 Å². The maximum Gasteiger partial charge on any atom is 0.240 e. The van der Waals surface area contributed by atoms with Crippen molar-refractivity contribution in [3.05, 3.63) is 48.3 Å². The third kappa shape index (κ3) is 3.70. The molecule has 1 aliphatic heterocycles. The average Bonchev–Trinajstić information content (AvgIpc) is 3.34. The van der Waals surface area contributed by atoms with Gasteiger partial charge in [0.25, 0.3) is 0 Å². The molecule has 7 heteroatoms. The molecule has 26 heavy (non-hydrogen) atoms. The van der Waals surface area contributed by atoms with E-state index in [4.69, 9.17) is 0 Å². The fourth-order valence-electron chi connectivity index (χ4n) is 4.22. The number of benzene rings is 1. The molecule has 1 N–H and O–H groups in total. The molecular formula is C19H26N4O2S. The van der Waals surface area contributed by atoms with Gasteiger partial charge in [-0.3, -0.25) is 9.58 Å². The molecule has 4 rings (SSSR count). The Bertz CT molecular complexity index is 828. The number of fused-ring (bicyclic) bond motifs is 1. The highest BCUT2D eigenvalue weighted by Crippen LogP contribution is 2.30. The Morgan fingerprint density at radius 2 is 1.88 bits per heavy atom. The number of hydrogen-bond donors (Lipinski definition) is 1. The molecule has 1 atom stereocenters. The Morgan fingerprint density at radius 3 is 2.65 bits per heavy atom. The number of rotatable bonds is 6. The molecule has 140 valence electrons. The van der Waals surface area contributed by atoms with Crippen molar-refractivity contribution >= 4 is 10.0 Å². The Hall–Kier alpha value is -1.70. The average molecular weight is 375 g/mol. The van der Waals surface area contributed by atoms with Crippen molar-refractivity contribution in [1.82, 2.24) is 19.4 Å².